The van der Waals surface area contributed by atoms with Crippen LogP contribution in [-0.4, -0.2) is 15.9 Å². The van der Waals surface area contributed by atoms with Gasteiger partial charge in [-0.25, -0.2) is 0 Å². The van der Waals surface area contributed by atoms with Gasteiger partial charge >= 0.3 is 0 Å². The van der Waals surface area contributed by atoms with Gasteiger partial charge in [0.05, 0.1) is 17.4 Å². The van der Waals surface area contributed by atoms with Gasteiger partial charge in [-0.05, 0) is 42.2 Å². The number of carbonyl (C=O) groups excluding carboxylic acids is 1. The third-order valence-corrected chi connectivity index (χ3v) is 5.18. The van der Waals surface area contributed by atoms with Gasteiger partial charge in [-0.3, -0.25) is 9.78 Å². The summed E-state index contributed by atoms with van der Waals surface area (Å²) in [4.78, 5) is 20.2. The molecule has 1 unspecified atom stereocenters. The molecule has 0 saturated carbocycles. The van der Waals surface area contributed by atoms with Crippen LogP contribution in [0.1, 0.15) is 37.4 Å². The van der Waals surface area contributed by atoms with Gasteiger partial charge in [0, 0.05) is 28.1 Å². The van der Waals surface area contributed by atoms with Gasteiger partial charge in [0.25, 0.3) is 0 Å². The molecule has 0 aliphatic heterocycles. The lowest BCUT2D eigenvalue weighted by Crippen LogP contribution is -2.10. The molecule has 1 atom stereocenters. The minimum atomic E-state index is -0.156. The Balaban J connectivity index is 1.56. The number of hydrogen-bond donors (Lipinski definition) is 2. The van der Waals surface area contributed by atoms with E-state index in [1.807, 2.05) is 48.7 Å². The van der Waals surface area contributed by atoms with Crippen LogP contribution in [0.4, 0.5) is 5.69 Å². The van der Waals surface area contributed by atoms with Crippen molar-refractivity contribution in [1.82, 2.24) is 9.97 Å². The number of fused-ring (bicyclic) bond motifs is 3. The molecule has 0 fully saturated rings. The zero-order chi connectivity index (χ0) is 19.5. The topological polar surface area (TPSA) is 57.8 Å². The summed E-state index contributed by atoms with van der Waals surface area (Å²) in [6, 6.07) is 18.1. The molecule has 0 radical (unpaired) electrons. The second-order valence-corrected chi connectivity index (χ2v) is 7.04. The Morgan fingerprint density at radius 3 is 2.75 bits per heavy atom. The largest absolute Gasteiger partial charge is 0.353 e. The van der Waals surface area contributed by atoms with Crippen LogP contribution in [0.5, 0.6) is 0 Å². The van der Waals surface area contributed by atoms with E-state index in [-0.39, 0.29) is 5.91 Å². The summed E-state index contributed by atoms with van der Waals surface area (Å²) in [6.07, 6.45) is 6.13. The average Bonchev–Trinajstić information content (AvgIpc) is 3.10. The molecule has 0 aliphatic carbocycles. The molecule has 0 bridgehead atoms. The number of amides is 1. The maximum absolute atomic E-state index is 12.4. The van der Waals surface area contributed by atoms with Crippen LogP contribution in [0.15, 0.2) is 66.9 Å². The molecule has 0 saturated heterocycles. The zero-order valence-corrected chi connectivity index (χ0v) is 16.1. The molecule has 140 valence electrons. The number of nitrogens with zero attached hydrogens (tertiary/aromatic N) is 1. The first-order chi connectivity index (χ1) is 13.7. The van der Waals surface area contributed by atoms with E-state index in [1.54, 1.807) is 6.08 Å². The minimum absolute atomic E-state index is 0.156. The van der Waals surface area contributed by atoms with Crippen molar-refractivity contribution in [3.05, 3.63) is 78.1 Å². The first-order valence-electron chi connectivity index (χ1n) is 9.60. The van der Waals surface area contributed by atoms with E-state index in [0.29, 0.717) is 5.92 Å². The third-order valence-electron chi connectivity index (χ3n) is 5.18. The monoisotopic (exact) mass is 369 g/mol. The first kappa shape index (κ1) is 18.0. The number of carbonyl (C=O) groups is 1. The number of anilines is 1. The van der Waals surface area contributed by atoms with E-state index < -0.39 is 0 Å². The number of hydrogen-bond acceptors (Lipinski definition) is 2. The number of aromatic nitrogens is 2. The number of para-hydroxylation sites is 2. The van der Waals surface area contributed by atoms with Crippen LogP contribution in [-0.2, 0) is 4.79 Å². The molecule has 2 N–H and O–H groups in total. The molecule has 2 heterocycles. The SMILES string of the molecule is CCC(C)c1ccccc1NC(=O)/C=C/c1cc2c(cn1)[nH]c1ccccc12. The van der Waals surface area contributed by atoms with Gasteiger partial charge < -0.3 is 10.3 Å². The minimum Gasteiger partial charge on any atom is -0.353 e. The number of nitrogens with one attached hydrogen (secondary N) is 2. The molecule has 4 aromatic rings. The first-order valence-corrected chi connectivity index (χ1v) is 9.60. The summed E-state index contributed by atoms with van der Waals surface area (Å²) in [6.45, 7) is 4.32. The molecule has 4 heteroatoms. The molecule has 4 rings (SSSR count). The van der Waals surface area contributed by atoms with E-state index >= 15 is 0 Å². The van der Waals surface area contributed by atoms with Gasteiger partial charge in [0.1, 0.15) is 0 Å². The van der Waals surface area contributed by atoms with Crippen LogP contribution in [0.2, 0.25) is 0 Å². The van der Waals surface area contributed by atoms with Gasteiger partial charge in [0.15, 0.2) is 0 Å². The van der Waals surface area contributed by atoms with Crippen molar-refractivity contribution in [2.75, 3.05) is 5.32 Å². The molecular formula is C24H23N3O. The Labute approximate surface area is 164 Å². The van der Waals surface area contributed by atoms with Crippen molar-refractivity contribution in [2.45, 2.75) is 26.2 Å². The number of aromatic amines is 1. The lowest BCUT2D eigenvalue weighted by Gasteiger charge is -2.14. The maximum atomic E-state index is 12.4. The quantitative estimate of drug-likeness (QED) is 0.432. The smallest absolute Gasteiger partial charge is 0.248 e. The zero-order valence-electron chi connectivity index (χ0n) is 16.1. The van der Waals surface area contributed by atoms with E-state index in [4.69, 9.17) is 0 Å². The summed E-state index contributed by atoms with van der Waals surface area (Å²) in [5, 5.41) is 5.26. The lowest BCUT2D eigenvalue weighted by molar-refractivity contribution is -0.111. The fourth-order valence-electron chi connectivity index (χ4n) is 3.45. The molecule has 28 heavy (non-hydrogen) atoms. The summed E-state index contributed by atoms with van der Waals surface area (Å²) in [7, 11) is 0. The summed E-state index contributed by atoms with van der Waals surface area (Å²) >= 11 is 0. The van der Waals surface area contributed by atoms with Crippen LogP contribution in [0, 0.1) is 0 Å². The fourth-order valence-corrected chi connectivity index (χ4v) is 3.45. The summed E-state index contributed by atoms with van der Waals surface area (Å²) < 4.78 is 0. The molecular weight excluding hydrogens is 346 g/mol. The van der Waals surface area contributed by atoms with E-state index in [2.05, 4.69) is 41.3 Å². The Kier molecular flexibility index (Phi) is 4.94. The van der Waals surface area contributed by atoms with Gasteiger partial charge in [-0.2, -0.15) is 0 Å². The highest BCUT2D eigenvalue weighted by Gasteiger charge is 2.10. The molecule has 4 nitrogen and oxygen atoms in total. The normalized spacial score (nSPS) is 12.6. The van der Waals surface area contributed by atoms with Crippen molar-refractivity contribution in [3.63, 3.8) is 0 Å². The Bertz CT molecular complexity index is 1170. The van der Waals surface area contributed by atoms with Crippen LogP contribution in [0.3, 0.4) is 0 Å². The van der Waals surface area contributed by atoms with Gasteiger partial charge in [-0.1, -0.05) is 50.2 Å². The Morgan fingerprint density at radius 1 is 1.11 bits per heavy atom. The van der Waals surface area contributed by atoms with Crippen molar-refractivity contribution in [3.8, 4) is 0 Å². The van der Waals surface area contributed by atoms with Gasteiger partial charge in [-0.15, -0.1) is 0 Å². The van der Waals surface area contributed by atoms with Crippen molar-refractivity contribution < 1.29 is 4.79 Å². The van der Waals surface area contributed by atoms with E-state index in [9.17, 15) is 4.79 Å². The predicted octanol–water partition coefficient (Wildman–Crippen LogP) is 5.88. The van der Waals surface area contributed by atoms with Gasteiger partial charge in [0.2, 0.25) is 5.91 Å². The van der Waals surface area contributed by atoms with Crippen LogP contribution < -0.4 is 5.32 Å². The van der Waals surface area contributed by atoms with Crippen molar-refractivity contribution >= 4 is 39.5 Å². The molecule has 0 aliphatic rings. The van der Waals surface area contributed by atoms with E-state index in [0.717, 1.165) is 45.2 Å². The number of H-pyrrole nitrogens is 1. The maximum Gasteiger partial charge on any atom is 0.248 e. The predicted molar refractivity (Wildman–Crippen MR) is 116 cm³/mol. The second kappa shape index (κ2) is 7.69. The van der Waals surface area contributed by atoms with Crippen LogP contribution >= 0.6 is 0 Å². The van der Waals surface area contributed by atoms with Crippen molar-refractivity contribution in [1.29, 1.82) is 0 Å². The average molecular weight is 369 g/mol. The second-order valence-electron chi connectivity index (χ2n) is 7.04. The number of benzene rings is 2. The molecule has 2 aromatic carbocycles. The highest BCUT2D eigenvalue weighted by Crippen LogP contribution is 2.27. The van der Waals surface area contributed by atoms with E-state index in [1.165, 1.54) is 6.08 Å². The third kappa shape index (κ3) is 3.54. The Hall–Kier alpha value is -3.40. The number of pyridine rings is 1. The van der Waals surface area contributed by atoms with Crippen LogP contribution in [0.25, 0.3) is 27.9 Å². The highest BCUT2D eigenvalue weighted by atomic mass is 16.1. The lowest BCUT2D eigenvalue weighted by atomic mass is 9.97. The summed E-state index contributed by atoms with van der Waals surface area (Å²) in [5.41, 5.74) is 4.85. The highest BCUT2D eigenvalue weighted by molar-refractivity contribution is 6.07. The standard InChI is InChI=1S/C24H23N3O/c1-3-16(2)18-8-4-6-10-21(18)27-24(28)13-12-17-14-20-19-9-5-7-11-22(19)26-23(20)15-25-17/h4-16,26H,3H2,1-2H3,(H,27,28)/b13-12+. The molecule has 1 amide bonds. The Morgan fingerprint density at radius 2 is 1.89 bits per heavy atom. The number of rotatable bonds is 5. The van der Waals surface area contributed by atoms with Crippen molar-refractivity contribution in [2.24, 2.45) is 0 Å². The summed E-state index contributed by atoms with van der Waals surface area (Å²) in [5.74, 6) is 0.239. The molecule has 0 spiro atoms. The fraction of sp³-hybridized carbons (Fsp3) is 0.167. The molecule has 2 aromatic heterocycles.